The number of benzene rings is 1. The molecule has 2 rings (SSSR count). The van der Waals surface area contributed by atoms with E-state index in [0.717, 1.165) is 4.88 Å². The van der Waals surface area contributed by atoms with Crippen molar-refractivity contribution in [1.29, 1.82) is 0 Å². The van der Waals surface area contributed by atoms with Crippen LogP contribution in [0.15, 0.2) is 41.8 Å². The van der Waals surface area contributed by atoms with Crippen molar-refractivity contribution in [3.05, 3.63) is 52.2 Å². The van der Waals surface area contributed by atoms with Crippen LogP contribution in [0.2, 0.25) is 0 Å². The fraction of sp³-hybridized carbons (Fsp3) is 0.250. The summed E-state index contributed by atoms with van der Waals surface area (Å²) in [6.45, 7) is 2.45. The van der Waals surface area contributed by atoms with E-state index >= 15 is 0 Å². The van der Waals surface area contributed by atoms with E-state index in [0.29, 0.717) is 17.9 Å². The summed E-state index contributed by atoms with van der Waals surface area (Å²) in [6.07, 6.45) is -0.150. The van der Waals surface area contributed by atoms with Crippen molar-refractivity contribution in [3.63, 3.8) is 0 Å². The van der Waals surface area contributed by atoms with Gasteiger partial charge in [0.05, 0.1) is 19.1 Å². The Labute approximate surface area is 132 Å². The van der Waals surface area contributed by atoms with E-state index in [-0.39, 0.29) is 12.3 Å². The fourth-order valence-corrected chi connectivity index (χ4v) is 2.78. The first kappa shape index (κ1) is 16.0. The van der Waals surface area contributed by atoms with Gasteiger partial charge in [0.1, 0.15) is 5.75 Å². The van der Waals surface area contributed by atoms with Crippen LogP contribution in [0.3, 0.4) is 0 Å². The van der Waals surface area contributed by atoms with E-state index in [9.17, 15) is 9.59 Å². The van der Waals surface area contributed by atoms with E-state index in [1.807, 2.05) is 24.4 Å². The normalized spacial score (nSPS) is 11.7. The van der Waals surface area contributed by atoms with E-state index < -0.39 is 12.0 Å². The zero-order valence-electron chi connectivity index (χ0n) is 12.1. The highest BCUT2D eigenvalue weighted by Crippen LogP contribution is 2.23. The van der Waals surface area contributed by atoms with Crippen LogP contribution >= 0.6 is 11.3 Å². The predicted octanol–water partition coefficient (Wildman–Crippen LogP) is 3.09. The first-order valence-electron chi connectivity index (χ1n) is 6.89. The second-order valence-electron chi connectivity index (χ2n) is 4.60. The number of carboxylic acid groups (broad SMARTS) is 1. The van der Waals surface area contributed by atoms with Gasteiger partial charge in [0.2, 0.25) is 0 Å². The molecule has 1 aromatic heterocycles. The maximum atomic E-state index is 12.3. The molecule has 0 fully saturated rings. The smallest absolute Gasteiger partial charge is 0.305 e. The van der Waals surface area contributed by atoms with E-state index in [1.54, 1.807) is 24.3 Å². The summed E-state index contributed by atoms with van der Waals surface area (Å²) in [5.41, 5.74) is 0.468. The zero-order chi connectivity index (χ0) is 15.9. The minimum Gasteiger partial charge on any atom is -0.494 e. The first-order valence-corrected chi connectivity index (χ1v) is 7.77. The van der Waals surface area contributed by atoms with Crippen molar-refractivity contribution in [2.24, 2.45) is 0 Å². The average molecular weight is 319 g/mol. The lowest BCUT2D eigenvalue weighted by Gasteiger charge is -2.15. The van der Waals surface area contributed by atoms with Gasteiger partial charge >= 0.3 is 5.97 Å². The Morgan fingerprint density at radius 2 is 2.00 bits per heavy atom. The second kappa shape index (κ2) is 7.61. The highest BCUT2D eigenvalue weighted by Gasteiger charge is 2.19. The van der Waals surface area contributed by atoms with Gasteiger partial charge in [-0.3, -0.25) is 9.59 Å². The van der Waals surface area contributed by atoms with Crippen LogP contribution in [-0.4, -0.2) is 23.6 Å². The second-order valence-corrected chi connectivity index (χ2v) is 5.58. The molecule has 1 amide bonds. The number of ether oxygens (including phenoxy) is 1. The number of thiophene rings is 1. The Balaban J connectivity index is 2.08. The lowest BCUT2D eigenvalue weighted by Crippen LogP contribution is -2.29. The quantitative estimate of drug-likeness (QED) is 0.822. The molecule has 0 radical (unpaired) electrons. The Kier molecular flexibility index (Phi) is 5.55. The van der Waals surface area contributed by atoms with Crippen molar-refractivity contribution in [2.45, 2.75) is 19.4 Å². The lowest BCUT2D eigenvalue weighted by atomic mass is 10.1. The number of nitrogens with one attached hydrogen (secondary N) is 1. The number of hydrogen-bond donors (Lipinski definition) is 2. The minimum atomic E-state index is -0.953. The van der Waals surface area contributed by atoms with Gasteiger partial charge in [-0.1, -0.05) is 6.07 Å². The van der Waals surface area contributed by atoms with Gasteiger partial charge in [0.25, 0.3) is 5.91 Å². The third kappa shape index (κ3) is 4.33. The molecular formula is C16H17NO4S. The monoisotopic (exact) mass is 319 g/mol. The third-order valence-corrected chi connectivity index (χ3v) is 3.98. The molecule has 6 heteroatoms. The molecule has 5 nitrogen and oxygen atoms in total. The number of carbonyl (C=O) groups is 2. The molecule has 1 atom stereocenters. The Morgan fingerprint density at radius 3 is 2.55 bits per heavy atom. The Hall–Kier alpha value is -2.34. The molecule has 2 N–H and O–H groups in total. The van der Waals surface area contributed by atoms with Crippen LogP contribution in [0.5, 0.6) is 5.75 Å². The van der Waals surface area contributed by atoms with Crippen molar-refractivity contribution >= 4 is 23.2 Å². The maximum absolute atomic E-state index is 12.3. The van der Waals surface area contributed by atoms with Crippen LogP contribution in [0.4, 0.5) is 0 Å². The summed E-state index contributed by atoms with van der Waals surface area (Å²) in [4.78, 5) is 24.1. The molecule has 1 heterocycles. The van der Waals surface area contributed by atoms with Crippen LogP contribution in [0.25, 0.3) is 0 Å². The Bertz CT molecular complexity index is 622. The molecule has 1 unspecified atom stereocenters. The molecule has 0 bridgehead atoms. The number of aliphatic carboxylic acids is 1. The molecule has 0 spiro atoms. The van der Waals surface area contributed by atoms with Gasteiger partial charge in [-0.25, -0.2) is 0 Å². The molecular weight excluding hydrogens is 302 g/mol. The maximum Gasteiger partial charge on any atom is 0.305 e. The van der Waals surface area contributed by atoms with Crippen LogP contribution in [0, 0.1) is 0 Å². The van der Waals surface area contributed by atoms with E-state index in [4.69, 9.17) is 9.84 Å². The summed E-state index contributed by atoms with van der Waals surface area (Å²) in [7, 11) is 0. The highest BCUT2D eigenvalue weighted by atomic mass is 32.1. The molecule has 116 valence electrons. The SMILES string of the molecule is CCOc1ccc(C(=O)NC(CC(=O)O)c2cccs2)cc1. The molecule has 0 saturated heterocycles. The molecule has 2 aromatic rings. The van der Waals surface area contributed by atoms with Gasteiger partial charge in [-0.2, -0.15) is 0 Å². The standard InChI is InChI=1S/C16H17NO4S/c1-2-21-12-7-5-11(6-8-12)16(20)17-13(10-15(18)19)14-4-3-9-22-14/h3-9,13H,2,10H2,1H3,(H,17,20)(H,18,19). The van der Waals surface area contributed by atoms with Crippen LogP contribution in [0.1, 0.15) is 34.6 Å². The van der Waals surface area contributed by atoms with Crippen LogP contribution in [-0.2, 0) is 4.79 Å². The summed E-state index contributed by atoms with van der Waals surface area (Å²) >= 11 is 1.42. The molecule has 1 aromatic carbocycles. The summed E-state index contributed by atoms with van der Waals surface area (Å²) in [6, 6.07) is 9.87. The molecule has 0 aliphatic carbocycles. The zero-order valence-corrected chi connectivity index (χ0v) is 12.9. The lowest BCUT2D eigenvalue weighted by molar-refractivity contribution is -0.137. The van der Waals surface area contributed by atoms with Gasteiger partial charge in [-0.15, -0.1) is 11.3 Å². The minimum absolute atomic E-state index is 0.150. The van der Waals surface area contributed by atoms with E-state index in [2.05, 4.69) is 5.32 Å². The van der Waals surface area contributed by atoms with Crippen molar-refractivity contribution in [3.8, 4) is 5.75 Å². The highest BCUT2D eigenvalue weighted by molar-refractivity contribution is 7.10. The molecule has 0 aliphatic rings. The molecule has 0 aliphatic heterocycles. The topological polar surface area (TPSA) is 75.6 Å². The van der Waals surface area contributed by atoms with Crippen molar-refractivity contribution < 1.29 is 19.4 Å². The fourth-order valence-electron chi connectivity index (χ4n) is 2.00. The summed E-state index contributed by atoms with van der Waals surface area (Å²) in [5.74, 6) is -0.563. The number of carboxylic acids is 1. The van der Waals surface area contributed by atoms with Gasteiger partial charge in [-0.05, 0) is 42.6 Å². The largest absolute Gasteiger partial charge is 0.494 e. The van der Waals surface area contributed by atoms with Crippen LogP contribution < -0.4 is 10.1 Å². The number of hydrogen-bond acceptors (Lipinski definition) is 4. The van der Waals surface area contributed by atoms with Crippen molar-refractivity contribution in [1.82, 2.24) is 5.32 Å². The van der Waals surface area contributed by atoms with Gasteiger partial charge in [0, 0.05) is 10.4 Å². The van der Waals surface area contributed by atoms with Crippen molar-refractivity contribution in [2.75, 3.05) is 6.61 Å². The van der Waals surface area contributed by atoms with E-state index in [1.165, 1.54) is 11.3 Å². The molecule has 22 heavy (non-hydrogen) atoms. The summed E-state index contributed by atoms with van der Waals surface area (Å²) in [5, 5.41) is 13.6. The summed E-state index contributed by atoms with van der Waals surface area (Å²) < 4.78 is 5.33. The molecule has 0 saturated carbocycles. The average Bonchev–Trinajstić information content (AvgIpc) is 3.01. The van der Waals surface area contributed by atoms with Gasteiger partial charge < -0.3 is 15.2 Å². The Morgan fingerprint density at radius 1 is 1.27 bits per heavy atom. The number of rotatable bonds is 7. The number of amides is 1. The first-order chi connectivity index (χ1) is 10.6. The number of carbonyl (C=O) groups excluding carboxylic acids is 1. The van der Waals surface area contributed by atoms with Gasteiger partial charge in [0.15, 0.2) is 0 Å². The third-order valence-electron chi connectivity index (χ3n) is 3.00. The predicted molar refractivity (Wildman–Crippen MR) is 84.4 cm³/mol.